The molecule has 0 aliphatic rings. The van der Waals surface area contributed by atoms with Gasteiger partial charge in [0.25, 0.3) is 0 Å². The Morgan fingerprint density at radius 2 is 1.76 bits per heavy atom. The largest absolute Gasteiger partial charge is 0.374 e. The summed E-state index contributed by atoms with van der Waals surface area (Å²) in [6.07, 6.45) is 0. The van der Waals surface area contributed by atoms with Crippen LogP contribution >= 0.6 is 15.9 Å². The second-order valence-corrected chi connectivity index (χ2v) is 6.00. The second-order valence-electron chi connectivity index (χ2n) is 5.08. The van der Waals surface area contributed by atoms with Crippen LogP contribution in [0, 0.1) is 0 Å². The first-order chi connectivity index (χ1) is 10.0. The molecule has 1 amide bonds. The van der Waals surface area contributed by atoms with E-state index in [1.54, 1.807) is 0 Å². The minimum atomic E-state index is -0.224. The number of anilines is 1. The van der Waals surface area contributed by atoms with Crippen LogP contribution in [0.3, 0.4) is 0 Å². The topological polar surface area (TPSA) is 32.3 Å². The number of carbonyl (C=O) groups excluding carboxylic acids is 1. The summed E-state index contributed by atoms with van der Waals surface area (Å²) in [5, 5.41) is 5.63. The summed E-state index contributed by atoms with van der Waals surface area (Å²) in [6, 6.07) is 12.1. The summed E-state index contributed by atoms with van der Waals surface area (Å²) in [5.74, 6) is 0.135. The minimum absolute atomic E-state index is 0.135. The van der Waals surface area contributed by atoms with Crippen LogP contribution in [-0.2, 0) is 4.79 Å². The Bertz CT molecular complexity index is 638. The fourth-order valence-electron chi connectivity index (χ4n) is 2.43. The normalized spacial score (nSPS) is 12.2. The molecule has 1 unspecified atom stereocenters. The molecule has 1 atom stereocenters. The first-order valence-corrected chi connectivity index (χ1v) is 8.09. The zero-order chi connectivity index (χ0) is 15.4. The van der Waals surface area contributed by atoms with Gasteiger partial charge in [-0.3, -0.25) is 4.79 Å². The van der Waals surface area contributed by atoms with E-state index in [4.69, 9.17) is 0 Å². The van der Waals surface area contributed by atoms with Crippen molar-refractivity contribution in [1.29, 1.82) is 0 Å². The molecule has 0 aliphatic heterocycles. The average Bonchev–Trinajstić information content (AvgIpc) is 2.48. The van der Waals surface area contributed by atoms with Crippen LogP contribution in [0.2, 0.25) is 0 Å². The average molecular weight is 349 g/mol. The molecular formula is C17H21BrN2O. The van der Waals surface area contributed by atoms with Gasteiger partial charge >= 0.3 is 0 Å². The first-order valence-electron chi connectivity index (χ1n) is 7.29. The molecule has 112 valence electrons. The van der Waals surface area contributed by atoms with Gasteiger partial charge in [0.2, 0.25) is 5.91 Å². The number of nitrogens with zero attached hydrogens (tertiary/aromatic N) is 1. The maximum atomic E-state index is 12.3. The molecule has 0 heterocycles. The Hall–Kier alpha value is -1.55. The van der Waals surface area contributed by atoms with E-state index in [-0.39, 0.29) is 11.9 Å². The minimum Gasteiger partial charge on any atom is -0.374 e. The van der Waals surface area contributed by atoms with Gasteiger partial charge in [-0.25, -0.2) is 0 Å². The van der Waals surface area contributed by atoms with Gasteiger partial charge < -0.3 is 10.2 Å². The van der Waals surface area contributed by atoms with Gasteiger partial charge in [-0.2, -0.15) is 0 Å². The predicted molar refractivity (Wildman–Crippen MR) is 92.7 cm³/mol. The summed E-state index contributed by atoms with van der Waals surface area (Å²) in [4.78, 5) is 14.1. The van der Waals surface area contributed by atoms with Gasteiger partial charge in [0.1, 0.15) is 6.04 Å². The third-order valence-electron chi connectivity index (χ3n) is 3.63. The molecule has 0 saturated carbocycles. The fourth-order valence-corrected chi connectivity index (χ4v) is 2.81. The van der Waals surface area contributed by atoms with Crippen molar-refractivity contribution in [3.63, 3.8) is 0 Å². The van der Waals surface area contributed by atoms with E-state index in [1.165, 1.54) is 5.39 Å². The highest BCUT2D eigenvalue weighted by atomic mass is 79.9. The Labute approximate surface area is 134 Å². The summed E-state index contributed by atoms with van der Waals surface area (Å²) in [7, 11) is 0. The molecule has 4 heteroatoms. The molecule has 0 radical (unpaired) electrons. The molecular weight excluding hydrogens is 328 g/mol. The quantitative estimate of drug-likeness (QED) is 0.874. The lowest BCUT2D eigenvalue weighted by molar-refractivity contribution is -0.131. The molecule has 0 bridgehead atoms. The summed E-state index contributed by atoms with van der Waals surface area (Å²) >= 11 is 3.48. The first kappa shape index (κ1) is 15.8. The maximum absolute atomic E-state index is 12.3. The molecule has 2 rings (SSSR count). The van der Waals surface area contributed by atoms with Crippen molar-refractivity contribution >= 4 is 38.3 Å². The SMILES string of the molecule is CCN(CC)C(=O)C(C)Nc1ccc2cc(Br)ccc2c1. The number of carbonyl (C=O) groups is 1. The highest BCUT2D eigenvalue weighted by Gasteiger charge is 2.17. The van der Waals surface area contributed by atoms with Crippen LogP contribution < -0.4 is 5.32 Å². The fraction of sp³-hybridized carbons (Fsp3) is 0.353. The van der Waals surface area contributed by atoms with Gasteiger partial charge in [0.15, 0.2) is 0 Å². The molecule has 0 saturated heterocycles. The van der Waals surface area contributed by atoms with E-state index in [9.17, 15) is 4.79 Å². The Kier molecular flexibility index (Phi) is 5.23. The van der Waals surface area contributed by atoms with E-state index in [0.717, 1.165) is 28.6 Å². The van der Waals surface area contributed by atoms with Gasteiger partial charge in [0.05, 0.1) is 0 Å². The number of halogens is 1. The summed E-state index contributed by atoms with van der Waals surface area (Å²) in [6.45, 7) is 7.40. The number of amides is 1. The molecule has 2 aromatic carbocycles. The van der Waals surface area contributed by atoms with Gasteiger partial charge in [-0.05, 0) is 55.8 Å². The van der Waals surface area contributed by atoms with Gasteiger partial charge in [-0.1, -0.05) is 28.1 Å². The van der Waals surface area contributed by atoms with Crippen LogP contribution in [0.15, 0.2) is 40.9 Å². The molecule has 21 heavy (non-hydrogen) atoms. The molecule has 0 spiro atoms. The van der Waals surface area contributed by atoms with Crippen LogP contribution in [0.5, 0.6) is 0 Å². The van der Waals surface area contributed by atoms with Crippen molar-refractivity contribution in [2.75, 3.05) is 18.4 Å². The van der Waals surface area contributed by atoms with Gasteiger partial charge in [0, 0.05) is 23.2 Å². The van der Waals surface area contributed by atoms with Crippen LogP contribution in [-0.4, -0.2) is 29.9 Å². The molecule has 2 aromatic rings. The Morgan fingerprint density at radius 3 is 2.43 bits per heavy atom. The van der Waals surface area contributed by atoms with Gasteiger partial charge in [-0.15, -0.1) is 0 Å². The number of likely N-dealkylation sites (N-methyl/N-ethyl adjacent to an activating group) is 1. The standard InChI is InChI=1S/C17H21BrN2O/c1-4-20(5-2)17(21)12(3)19-16-9-7-13-10-15(18)8-6-14(13)11-16/h6-12,19H,4-5H2,1-3H3. The third kappa shape index (κ3) is 3.76. The van der Waals surface area contributed by atoms with Crippen molar-refractivity contribution in [3.05, 3.63) is 40.9 Å². The molecule has 1 N–H and O–H groups in total. The highest BCUT2D eigenvalue weighted by molar-refractivity contribution is 9.10. The monoisotopic (exact) mass is 348 g/mol. The number of nitrogens with one attached hydrogen (secondary N) is 1. The lowest BCUT2D eigenvalue weighted by Crippen LogP contribution is -2.41. The van der Waals surface area contributed by atoms with Crippen LogP contribution in [0.4, 0.5) is 5.69 Å². The van der Waals surface area contributed by atoms with E-state index in [0.29, 0.717) is 0 Å². The smallest absolute Gasteiger partial charge is 0.244 e. The van der Waals surface area contributed by atoms with Crippen molar-refractivity contribution < 1.29 is 4.79 Å². The molecule has 3 nitrogen and oxygen atoms in total. The summed E-state index contributed by atoms with van der Waals surface area (Å²) in [5.41, 5.74) is 0.970. The van der Waals surface area contributed by atoms with E-state index in [1.807, 2.05) is 37.8 Å². The lowest BCUT2D eigenvalue weighted by atomic mass is 10.1. The highest BCUT2D eigenvalue weighted by Crippen LogP contribution is 2.23. The number of hydrogen-bond acceptors (Lipinski definition) is 2. The van der Waals surface area contributed by atoms with Crippen LogP contribution in [0.1, 0.15) is 20.8 Å². The van der Waals surface area contributed by atoms with Crippen molar-refractivity contribution in [2.45, 2.75) is 26.8 Å². The third-order valence-corrected chi connectivity index (χ3v) is 4.12. The number of rotatable bonds is 5. The predicted octanol–water partition coefficient (Wildman–Crippen LogP) is 4.27. The molecule has 0 aliphatic carbocycles. The lowest BCUT2D eigenvalue weighted by Gasteiger charge is -2.24. The number of fused-ring (bicyclic) bond motifs is 1. The van der Waals surface area contributed by atoms with E-state index < -0.39 is 0 Å². The summed E-state index contributed by atoms with van der Waals surface area (Å²) < 4.78 is 1.07. The van der Waals surface area contributed by atoms with Crippen molar-refractivity contribution in [3.8, 4) is 0 Å². The Balaban J connectivity index is 2.15. The van der Waals surface area contributed by atoms with Crippen molar-refractivity contribution in [2.24, 2.45) is 0 Å². The number of benzene rings is 2. The zero-order valence-corrected chi connectivity index (χ0v) is 14.3. The Morgan fingerprint density at radius 1 is 1.14 bits per heavy atom. The second kappa shape index (κ2) is 6.94. The van der Waals surface area contributed by atoms with E-state index >= 15 is 0 Å². The van der Waals surface area contributed by atoms with Crippen LogP contribution in [0.25, 0.3) is 10.8 Å². The zero-order valence-electron chi connectivity index (χ0n) is 12.7. The van der Waals surface area contributed by atoms with Crippen molar-refractivity contribution in [1.82, 2.24) is 4.90 Å². The molecule has 0 fully saturated rings. The molecule has 0 aromatic heterocycles. The van der Waals surface area contributed by atoms with E-state index in [2.05, 4.69) is 45.5 Å². The maximum Gasteiger partial charge on any atom is 0.244 e. The number of hydrogen-bond donors (Lipinski definition) is 1.